The van der Waals surface area contributed by atoms with Crippen molar-refractivity contribution in [2.75, 3.05) is 51.3 Å². The highest BCUT2D eigenvalue weighted by molar-refractivity contribution is 5.99. The number of aromatic amines is 1. The van der Waals surface area contributed by atoms with Gasteiger partial charge < -0.3 is 29.7 Å². The van der Waals surface area contributed by atoms with Crippen molar-refractivity contribution in [3.8, 4) is 0 Å². The van der Waals surface area contributed by atoms with Crippen LogP contribution in [0.15, 0.2) is 40.8 Å². The van der Waals surface area contributed by atoms with Gasteiger partial charge in [0, 0.05) is 69.3 Å². The molecule has 5 rings (SSSR count). The topological polar surface area (TPSA) is 124 Å². The number of pyridine rings is 1. The number of nitrogens with one attached hydrogen (secondary N) is 2. The van der Waals surface area contributed by atoms with Crippen LogP contribution in [0, 0.1) is 13.8 Å². The van der Waals surface area contributed by atoms with E-state index < -0.39 is 5.54 Å². The van der Waals surface area contributed by atoms with Crippen molar-refractivity contribution in [3.05, 3.63) is 69.1 Å². The molecule has 2 aromatic rings. The number of anilines is 1. The van der Waals surface area contributed by atoms with Crippen LogP contribution in [0.3, 0.4) is 0 Å². The maximum atomic E-state index is 13.7. The monoisotopic (exact) mass is 603 g/mol. The van der Waals surface area contributed by atoms with E-state index in [9.17, 15) is 14.4 Å². The standard InChI is InChI=1S/C33H45N7O4/c1-6-30(41)40(27-9-15-44-16-10-27)33(4)18-25(24-7-8-29(34-20-24)39-13-11-38(5)12-14-39)17-26(19-33)31(42)35-21-28-22(2)36-23(3)37-32(28)43/h7-8,17,19-20,27H,6,9-16,18,21H2,1-5H3,(H,35,42)(H,36,37,43). The van der Waals surface area contributed by atoms with Crippen molar-refractivity contribution in [2.24, 2.45) is 0 Å². The number of aryl methyl sites for hydroxylation is 2. The molecule has 4 heterocycles. The zero-order valence-electron chi connectivity index (χ0n) is 26.6. The zero-order valence-corrected chi connectivity index (χ0v) is 26.6. The average molecular weight is 604 g/mol. The van der Waals surface area contributed by atoms with Crippen molar-refractivity contribution in [2.45, 2.75) is 71.5 Å². The lowest BCUT2D eigenvalue weighted by atomic mass is 9.79. The molecule has 2 aromatic heterocycles. The molecule has 2 N–H and O–H groups in total. The Hall–Kier alpha value is -3.83. The predicted molar refractivity (Wildman–Crippen MR) is 170 cm³/mol. The fourth-order valence-corrected chi connectivity index (χ4v) is 6.57. The molecule has 0 spiro atoms. The van der Waals surface area contributed by atoms with Gasteiger partial charge in [-0.3, -0.25) is 14.4 Å². The van der Waals surface area contributed by atoms with Crippen LogP contribution in [0.5, 0.6) is 0 Å². The van der Waals surface area contributed by atoms with Crippen LogP contribution in [0.2, 0.25) is 0 Å². The second-order valence-electron chi connectivity index (χ2n) is 12.4. The van der Waals surface area contributed by atoms with Gasteiger partial charge in [0.15, 0.2) is 0 Å². The van der Waals surface area contributed by atoms with Crippen LogP contribution in [-0.2, 0) is 20.9 Å². The average Bonchev–Trinajstić information content (AvgIpc) is 3.01. The number of H-pyrrole nitrogens is 1. The molecule has 1 unspecified atom stereocenters. The minimum atomic E-state index is -0.749. The van der Waals surface area contributed by atoms with Crippen LogP contribution in [0.4, 0.5) is 5.82 Å². The normalized spacial score (nSPS) is 21.4. The molecule has 236 valence electrons. The molecule has 2 amide bonds. The van der Waals surface area contributed by atoms with Crippen LogP contribution < -0.4 is 15.8 Å². The number of piperazine rings is 1. The first kappa shape index (κ1) is 31.6. The van der Waals surface area contributed by atoms with Crippen molar-refractivity contribution in [1.82, 2.24) is 30.1 Å². The molecule has 1 aliphatic carbocycles. The van der Waals surface area contributed by atoms with Gasteiger partial charge in [0.1, 0.15) is 11.6 Å². The van der Waals surface area contributed by atoms with E-state index in [1.165, 1.54) is 0 Å². The first-order chi connectivity index (χ1) is 21.1. The van der Waals surface area contributed by atoms with Crippen LogP contribution in [0.1, 0.15) is 62.2 Å². The summed E-state index contributed by atoms with van der Waals surface area (Å²) in [4.78, 5) is 58.3. The Balaban J connectivity index is 1.47. The number of rotatable bonds is 8. The molecule has 2 saturated heterocycles. The number of amides is 2. The van der Waals surface area contributed by atoms with E-state index in [4.69, 9.17) is 9.72 Å². The van der Waals surface area contributed by atoms with Gasteiger partial charge in [-0.25, -0.2) is 9.97 Å². The third kappa shape index (κ3) is 6.94. The summed E-state index contributed by atoms with van der Waals surface area (Å²) in [6.45, 7) is 12.5. The van der Waals surface area contributed by atoms with Crippen molar-refractivity contribution in [1.29, 1.82) is 0 Å². The molecule has 0 bridgehead atoms. The first-order valence-corrected chi connectivity index (χ1v) is 15.7. The Kier molecular flexibility index (Phi) is 9.65. The Morgan fingerprint density at radius 1 is 1.16 bits per heavy atom. The van der Waals surface area contributed by atoms with Gasteiger partial charge in [0.2, 0.25) is 5.91 Å². The van der Waals surface area contributed by atoms with Gasteiger partial charge in [-0.2, -0.15) is 0 Å². The van der Waals surface area contributed by atoms with E-state index >= 15 is 0 Å². The fraction of sp³-hybridized carbons (Fsp3) is 0.545. The summed E-state index contributed by atoms with van der Waals surface area (Å²) in [6.07, 6.45) is 8.10. The molecule has 0 saturated carbocycles. The van der Waals surface area contributed by atoms with Gasteiger partial charge in [-0.05, 0) is 82.5 Å². The van der Waals surface area contributed by atoms with Crippen molar-refractivity contribution >= 4 is 23.2 Å². The fourth-order valence-electron chi connectivity index (χ4n) is 6.57. The van der Waals surface area contributed by atoms with Crippen LogP contribution in [-0.4, -0.2) is 94.6 Å². The molecule has 44 heavy (non-hydrogen) atoms. The summed E-state index contributed by atoms with van der Waals surface area (Å²) in [7, 11) is 2.13. The highest BCUT2D eigenvalue weighted by atomic mass is 16.5. The molecule has 11 heteroatoms. The summed E-state index contributed by atoms with van der Waals surface area (Å²) >= 11 is 0. The predicted octanol–water partition coefficient (Wildman–Crippen LogP) is 2.74. The Bertz CT molecular complexity index is 1480. The van der Waals surface area contributed by atoms with Gasteiger partial charge in [-0.15, -0.1) is 0 Å². The summed E-state index contributed by atoms with van der Waals surface area (Å²) in [5.74, 6) is 1.20. The van der Waals surface area contributed by atoms with E-state index in [2.05, 4.69) is 38.2 Å². The number of ether oxygens (including phenoxy) is 1. The minimum absolute atomic E-state index is 0.0127. The maximum absolute atomic E-state index is 13.7. The third-order valence-electron chi connectivity index (χ3n) is 9.00. The largest absolute Gasteiger partial charge is 0.381 e. The second kappa shape index (κ2) is 13.4. The summed E-state index contributed by atoms with van der Waals surface area (Å²) in [5, 5.41) is 2.94. The first-order valence-electron chi connectivity index (χ1n) is 15.7. The number of hydrogen-bond acceptors (Lipinski definition) is 8. The Morgan fingerprint density at radius 3 is 2.52 bits per heavy atom. The van der Waals surface area contributed by atoms with E-state index in [1.54, 1.807) is 13.8 Å². The lowest BCUT2D eigenvalue weighted by Gasteiger charge is -2.47. The van der Waals surface area contributed by atoms with Gasteiger partial charge >= 0.3 is 0 Å². The number of carbonyl (C=O) groups is 2. The maximum Gasteiger partial charge on any atom is 0.256 e. The molecular weight excluding hydrogens is 558 g/mol. The quantitative estimate of drug-likeness (QED) is 0.472. The lowest BCUT2D eigenvalue weighted by molar-refractivity contribution is -0.141. The van der Waals surface area contributed by atoms with Gasteiger partial charge in [0.05, 0.1) is 17.6 Å². The third-order valence-corrected chi connectivity index (χ3v) is 9.00. The lowest BCUT2D eigenvalue weighted by Crippen LogP contribution is -2.56. The molecule has 11 nitrogen and oxygen atoms in total. The number of carbonyl (C=O) groups excluding carboxylic acids is 2. The Morgan fingerprint density at radius 2 is 1.89 bits per heavy atom. The van der Waals surface area contributed by atoms with Crippen molar-refractivity contribution < 1.29 is 14.3 Å². The molecule has 2 aliphatic heterocycles. The summed E-state index contributed by atoms with van der Waals surface area (Å²) < 4.78 is 5.62. The van der Waals surface area contributed by atoms with Gasteiger partial charge in [0.25, 0.3) is 11.5 Å². The Labute approximate surface area is 259 Å². The van der Waals surface area contributed by atoms with E-state index in [0.29, 0.717) is 48.7 Å². The number of hydrogen-bond donors (Lipinski definition) is 2. The van der Waals surface area contributed by atoms with Crippen molar-refractivity contribution in [3.63, 3.8) is 0 Å². The van der Waals surface area contributed by atoms with E-state index in [0.717, 1.165) is 56.0 Å². The van der Waals surface area contributed by atoms with E-state index in [1.807, 2.05) is 43.2 Å². The molecule has 0 aromatic carbocycles. The number of aromatic nitrogens is 3. The van der Waals surface area contributed by atoms with Gasteiger partial charge in [-0.1, -0.05) is 6.92 Å². The zero-order chi connectivity index (χ0) is 31.4. The van der Waals surface area contributed by atoms with Crippen LogP contribution >= 0.6 is 0 Å². The van der Waals surface area contributed by atoms with E-state index in [-0.39, 0.29) is 30.0 Å². The smallest absolute Gasteiger partial charge is 0.256 e. The summed E-state index contributed by atoms with van der Waals surface area (Å²) in [5.41, 5.74) is 2.28. The SMILES string of the molecule is CCC(=O)N(C1CCOCC1)C1(C)C=C(C(=O)NCc2c(C)nc(C)[nH]c2=O)C=C(c2ccc(N3CCN(C)CC3)nc2)C1. The van der Waals surface area contributed by atoms with Crippen LogP contribution in [0.25, 0.3) is 5.57 Å². The summed E-state index contributed by atoms with van der Waals surface area (Å²) in [6, 6.07) is 4.12. The molecule has 1 atom stereocenters. The molecule has 0 radical (unpaired) electrons. The second-order valence-corrected chi connectivity index (χ2v) is 12.4. The highest BCUT2D eigenvalue weighted by Gasteiger charge is 2.41. The highest BCUT2D eigenvalue weighted by Crippen LogP contribution is 2.39. The molecule has 3 aliphatic rings. The number of nitrogens with zero attached hydrogens (tertiary/aromatic N) is 5. The number of likely N-dealkylation sites (N-methyl/N-ethyl adjacent to an activating group) is 1. The molecule has 2 fully saturated rings. The molecular formula is C33H45N7O4. The minimum Gasteiger partial charge on any atom is -0.381 e.